The number of β-amino-alcohol motifs (C(OH)–C–C–N with tert-alkyl or cyclic N) is 1. The van der Waals surface area contributed by atoms with Gasteiger partial charge in [-0.05, 0) is 48.9 Å². The third-order valence-electron chi connectivity index (χ3n) is 3.80. The SMILES string of the molecule is O=C(c1ccc2c(c1)CCC2)N1CC[C@H](O)C1. The Morgan fingerprint density at radius 2 is 2.12 bits per heavy atom. The van der Waals surface area contributed by atoms with Crippen LogP contribution < -0.4 is 0 Å². The fourth-order valence-electron chi connectivity index (χ4n) is 2.81. The molecule has 1 fully saturated rings. The number of benzene rings is 1. The maximum absolute atomic E-state index is 12.2. The van der Waals surface area contributed by atoms with E-state index in [2.05, 4.69) is 6.07 Å². The molecule has 0 unspecified atom stereocenters. The normalized spacial score (nSPS) is 22.9. The van der Waals surface area contributed by atoms with E-state index in [1.165, 1.54) is 17.5 Å². The van der Waals surface area contributed by atoms with E-state index in [1.54, 1.807) is 4.90 Å². The molecule has 3 nitrogen and oxygen atoms in total. The van der Waals surface area contributed by atoms with Crippen molar-refractivity contribution in [2.45, 2.75) is 31.8 Å². The predicted molar refractivity (Wildman–Crippen MR) is 65.0 cm³/mol. The quantitative estimate of drug-likeness (QED) is 0.793. The zero-order valence-corrected chi connectivity index (χ0v) is 9.85. The minimum Gasteiger partial charge on any atom is -0.391 e. The van der Waals surface area contributed by atoms with Crippen LogP contribution in [-0.4, -0.2) is 35.1 Å². The lowest BCUT2D eigenvalue weighted by molar-refractivity contribution is 0.0765. The van der Waals surface area contributed by atoms with Crippen molar-refractivity contribution in [3.05, 3.63) is 34.9 Å². The Hall–Kier alpha value is -1.35. The highest BCUT2D eigenvalue weighted by atomic mass is 16.3. The van der Waals surface area contributed by atoms with Crippen LogP contribution in [0.5, 0.6) is 0 Å². The van der Waals surface area contributed by atoms with Gasteiger partial charge < -0.3 is 10.0 Å². The van der Waals surface area contributed by atoms with E-state index >= 15 is 0 Å². The Morgan fingerprint density at radius 1 is 1.29 bits per heavy atom. The molecule has 1 amide bonds. The summed E-state index contributed by atoms with van der Waals surface area (Å²) in [6, 6.07) is 6.05. The average Bonchev–Trinajstić information content (AvgIpc) is 2.95. The fourth-order valence-corrected chi connectivity index (χ4v) is 2.81. The molecule has 0 radical (unpaired) electrons. The number of carbonyl (C=O) groups excluding carboxylic acids is 1. The van der Waals surface area contributed by atoms with Crippen LogP contribution in [0.4, 0.5) is 0 Å². The van der Waals surface area contributed by atoms with Gasteiger partial charge in [-0.1, -0.05) is 6.07 Å². The number of hydrogen-bond donors (Lipinski definition) is 1. The van der Waals surface area contributed by atoms with E-state index in [-0.39, 0.29) is 12.0 Å². The summed E-state index contributed by atoms with van der Waals surface area (Å²) in [4.78, 5) is 14.0. The molecular formula is C14H17NO2. The molecule has 0 saturated carbocycles. The first-order chi connectivity index (χ1) is 8.24. The lowest BCUT2D eigenvalue weighted by Gasteiger charge is -2.16. The van der Waals surface area contributed by atoms with Crippen LogP contribution in [0.2, 0.25) is 0 Å². The first-order valence-electron chi connectivity index (χ1n) is 6.33. The number of rotatable bonds is 1. The number of aryl methyl sites for hydroxylation is 2. The van der Waals surface area contributed by atoms with Crippen LogP contribution in [0, 0.1) is 0 Å². The van der Waals surface area contributed by atoms with Gasteiger partial charge in [0.1, 0.15) is 0 Å². The zero-order chi connectivity index (χ0) is 11.8. The molecule has 1 atom stereocenters. The predicted octanol–water partition coefficient (Wildman–Crippen LogP) is 1.38. The molecule has 0 bridgehead atoms. The van der Waals surface area contributed by atoms with Crippen LogP contribution in [0.1, 0.15) is 34.3 Å². The number of nitrogens with zero attached hydrogens (tertiary/aromatic N) is 1. The average molecular weight is 231 g/mol. The summed E-state index contributed by atoms with van der Waals surface area (Å²) < 4.78 is 0. The van der Waals surface area contributed by atoms with Crippen LogP contribution in [-0.2, 0) is 12.8 Å². The molecule has 0 spiro atoms. The highest BCUT2D eigenvalue weighted by Crippen LogP contribution is 2.24. The van der Waals surface area contributed by atoms with E-state index in [9.17, 15) is 9.90 Å². The van der Waals surface area contributed by atoms with Crippen LogP contribution in [0.25, 0.3) is 0 Å². The van der Waals surface area contributed by atoms with Crippen molar-refractivity contribution in [3.63, 3.8) is 0 Å². The summed E-state index contributed by atoms with van der Waals surface area (Å²) >= 11 is 0. The maximum Gasteiger partial charge on any atom is 0.253 e. The van der Waals surface area contributed by atoms with Gasteiger partial charge in [0, 0.05) is 18.7 Å². The van der Waals surface area contributed by atoms with Gasteiger partial charge in [-0.2, -0.15) is 0 Å². The number of amides is 1. The molecule has 1 aliphatic heterocycles. The Kier molecular flexibility index (Phi) is 2.63. The number of fused-ring (bicyclic) bond motifs is 1. The van der Waals surface area contributed by atoms with Gasteiger partial charge in [-0.15, -0.1) is 0 Å². The number of aliphatic hydroxyl groups is 1. The summed E-state index contributed by atoms with van der Waals surface area (Å²) in [5.74, 6) is 0.0660. The van der Waals surface area contributed by atoms with E-state index < -0.39 is 0 Å². The largest absolute Gasteiger partial charge is 0.391 e. The molecule has 17 heavy (non-hydrogen) atoms. The third kappa shape index (κ3) is 1.95. The smallest absolute Gasteiger partial charge is 0.253 e. The Morgan fingerprint density at radius 3 is 2.88 bits per heavy atom. The van der Waals surface area contributed by atoms with Gasteiger partial charge in [-0.25, -0.2) is 0 Å². The summed E-state index contributed by atoms with van der Waals surface area (Å²) in [6.45, 7) is 1.16. The zero-order valence-electron chi connectivity index (χ0n) is 9.85. The molecule has 1 N–H and O–H groups in total. The number of hydrogen-bond acceptors (Lipinski definition) is 2. The summed E-state index contributed by atoms with van der Waals surface area (Å²) in [5, 5.41) is 9.46. The molecule has 0 aromatic heterocycles. The maximum atomic E-state index is 12.2. The first-order valence-corrected chi connectivity index (χ1v) is 6.33. The first kappa shape index (κ1) is 10.8. The lowest BCUT2D eigenvalue weighted by Crippen LogP contribution is -2.29. The Balaban J connectivity index is 1.82. The second-order valence-corrected chi connectivity index (χ2v) is 5.03. The van der Waals surface area contributed by atoms with Gasteiger partial charge >= 0.3 is 0 Å². The van der Waals surface area contributed by atoms with Crippen molar-refractivity contribution in [2.24, 2.45) is 0 Å². The molecule has 90 valence electrons. The molecule has 1 aliphatic carbocycles. The van der Waals surface area contributed by atoms with Gasteiger partial charge in [0.2, 0.25) is 0 Å². The minimum absolute atomic E-state index is 0.0660. The molecule has 1 aromatic rings. The number of carbonyl (C=O) groups is 1. The topological polar surface area (TPSA) is 40.5 Å². The third-order valence-corrected chi connectivity index (χ3v) is 3.80. The van der Waals surface area contributed by atoms with E-state index in [0.29, 0.717) is 19.5 Å². The standard InChI is InChI=1S/C14H17NO2/c16-13-6-7-15(9-13)14(17)12-5-4-10-2-1-3-11(10)8-12/h4-5,8,13,16H,1-3,6-7,9H2/t13-/m0/s1. The van der Waals surface area contributed by atoms with E-state index in [0.717, 1.165) is 18.4 Å². The highest BCUT2D eigenvalue weighted by Gasteiger charge is 2.26. The van der Waals surface area contributed by atoms with Gasteiger partial charge in [0.05, 0.1) is 6.10 Å². The van der Waals surface area contributed by atoms with E-state index in [1.807, 2.05) is 12.1 Å². The van der Waals surface area contributed by atoms with Gasteiger partial charge in [0.15, 0.2) is 0 Å². The van der Waals surface area contributed by atoms with Crippen molar-refractivity contribution in [1.82, 2.24) is 4.90 Å². The van der Waals surface area contributed by atoms with Crippen molar-refractivity contribution in [3.8, 4) is 0 Å². The molecular weight excluding hydrogens is 214 g/mol. The van der Waals surface area contributed by atoms with Crippen LogP contribution in [0.15, 0.2) is 18.2 Å². The minimum atomic E-state index is -0.339. The van der Waals surface area contributed by atoms with Crippen molar-refractivity contribution >= 4 is 5.91 Å². The van der Waals surface area contributed by atoms with Crippen LogP contribution in [0.3, 0.4) is 0 Å². The van der Waals surface area contributed by atoms with Gasteiger partial charge in [-0.3, -0.25) is 4.79 Å². The highest BCUT2D eigenvalue weighted by molar-refractivity contribution is 5.94. The molecule has 3 rings (SSSR count). The van der Waals surface area contributed by atoms with Gasteiger partial charge in [0.25, 0.3) is 5.91 Å². The molecule has 2 aliphatic rings. The van der Waals surface area contributed by atoms with E-state index in [4.69, 9.17) is 0 Å². The van der Waals surface area contributed by atoms with Crippen molar-refractivity contribution in [2.75, 3.05) is 13.1 Å². The Bertz CT molecular complexity index is 456. The summed E-state index contributed by atoms with van der Waals surface area (Å²) in [7, 11) is 0. The second-order valence-electron chi connectivity index (χ2n) is 5.03. The fraction of sp³-hybridized carbons (Fsp3) is 0.500. The summed E-state index contributed by atoms with van der Waals surface area (Å²) in [6.07, 6.45) is 3.81. The molecule has 3 heteroatoms. The number of likely N-dealkylation sites (tertiary alicyclic amines) is 1. The van der Waals surface area contributed by atoms with Crippen LogP contribution >= 0.6 is 0 Å². The molecule has 1 saturated heterocycles. The second kappa shape index (κ2) is 4.15. The summed E-state index contributed by atoms with van der Waals surface area (Å²) in [5.41, 5.74) is 3.50. The van der Waals surface area contributed by atoms with Crippen molar-refractivity contribution < 1.29 is 9.90 Å². The number of aliphatic hydroxyl groups excluding tert-OH is 1. The molecule has 1 heterocycles. The van der Waals surface area contributed by atoms with Crippen molar-refractivity contribution in [1.29, 1.82) is 0 Å². The monoisotopic (exact) mass is 231 g/mol. The molecule has 1 aromatic carbocycles. The lowest BCUT2D eigenvalue weighted by atomic mass is 10.1. The Labute approximate surface area is 101 Å².